The number of amides is 2. The van der Waals surface area contributed by atoms with Crippen molar-refractivity contribution in [3.63, 3.8) is 0 Å². The van der Waals surface area contributed by atoms with E-state index in [-0.39, 0.29) is 29.8 Å². The molecule has 0 aliphatic heterocycles. The van der Waals surface area contributed by atoms with Crippen LogP contribution in [0.25, 0.3) is 0 Å². The van der Waals surface area contributed by atoms with Gasteiger partial charge in [-0.25, -0.2) is 0 Å². The molecule has 0 atom stereocenters. The Kier molecular flexibility index (Phi) is 6.64. The number of furan rings is 1. The van der Waals surface area contributed by atoms with Crippen LogP contribution in [0.3, 0.4) is 0 Å². The Morgan fingerprint density at radius 2 is 1.79 bits per heavy atom. The topological polar surface area (TPSA) is 114 Å². The smallest absolute Gasteiger partial charge is 0.269 e. The number of nitrogens with one attached hydrogen (secondary N) is 2. The Hall–Kier alpha value is -3.59. The van der Waals surface area contributed by atoms with Gasteiger partial charge in [0.05, 0.1) is 34.7 Å². The van der Waals surface area contributed by atoms with E-state index in [0.29, 0.717) is 17.0 Å². The van der Waals surface area contributed by atoms with E-state index >= 15 is 0 Å². The average molecular weight is 411 g/mol. The third-order valence-corrected chi connectivity index (χ3v) is 4.88. The van der Waals surface area contributed by atoms with E-state index in [1.165, 1.54) is 30.2 Å². The van der Waals surface area contributed by atoms with Crippen LogP contribution >= 0.6 is 11.8 Å². The number of benzene rings is 2. The molecule has 9 heteroatoms. The first kappa shape index (κ1) is 20.2. The minimum Gasteiger partial charge on any atom is -0.467 e. The molecule has 148 valence electrons. The van der Waals surface area contributed by atoms with Crippen LogP contribution in [0.4, 0.5) is 11.4 Å². The molecule has 2 aromatic carbocycles. The SMILES string of the molecule is O=C(CSc1ccc([N+](=O)[O-])cc1)Nc1ccccc1C(=O)NCc1ccco1. The number of hydrogen-bond acceptors (Lipinski definition) is 6. The molecule has 2 amide bonds. The number of non-ortho nitro benzene ring substituents is 1. The fourth-order valence-corrected chi connectivity index (χ4v) is 3.16. The van der Waals surface area contributed by atoms with E-state index in [9.17, 15) is 19.7 Å². The number of rotatable bonds is 8. The van der Waals surface area contributed by atoms with E-state index in [0.717, 1.165) is 4.90 Å². The first-order valence-electron chi connectivity index (χ1n) is 8.59. The molecule has 0 fully saturated rings. The van der Waals surface area contributed by atoms with E-state index in [4.69, 9.17) is 4.42 Å². The largest absolute Gasteiger partial charge is 0.467 e. The number of nitro groups is 1. The Bertz CT molecular complexity index is 1000. The summed E-state index contributed by atoms with van der Waals surface area (Å²) < 4.78 is 5.18. The minimum atomic E-state index is -0.477. The van der Waals surface area contributed by atoms with Crippen molar-refractivity contribution in [2.75, 3.05) is 11.1 Å². The molecule has 0 spiro atoms. The Morgan fingerprint density at radius 3 is 2.48 bits per heavy atom. The molecule has 3 rings (SSSR count). The van der Waals surface area contributed by atoms with Gasteiger partial charge in [0.25, 0.3) is 11.6 Å². The van der Waals surface area contributed by atoms with Crippen LogP contribution in [-0.4, -0.2) is 22.5 Å². The van der Waals surface area contributed by atoms with Gasteiger partial charge in [-0.1, -0.05) is 12.1 Å². The number of thioether (sulfide) groups is 1. The maximum absolute atomic E-state index is 12.4. The van der Waals surface area contributed by atoms with Gasteiger partial charge >= 0.3 is 0 Å². The highest BCUT2D eigenvalue weighted by Gasteiger charge is 2.14. The summed E-state index contributed by atoms with van der Waals surface area (Å²) in [5.41, 5.74) is 0.736. The molecule has 0 saturated heterocycles. The Labute approximate surface area is 170 Å². The van der Waals surface area contributed by atoms with Crippen LogP contribution in [0, 0.1) is 10.1 Å². The van der Waals surface area contributed by atoms with Gasteiger partial charge in [0.15, 0.2) is 0 Å². The molecule has 1 aromatic heterocycles. The molecular formula is C20H17N3O5S. The summed E-state index contributed by atoms with van der Waals surface area (Å²) in [7, 11) is 0. The number of anilines is 1. The minimum absolute atomic E-state index is 0.00621. The monoisotopic (exact) mass is 411 g/mol. The van der Waals surface area contributed by atoms with Gasteiger partial charge in [0.1, 0.15) is 5.76 Å². The number of hydrogen-bond donors (Lipinski definition) is 2. The summed E-state index contributed by atoms with van der Waals surface area (Å²) in [4.78, 5) is 35.7. The Balaban J connectivity index is 1.57. The number of para-hydroxylation sites is 1. The zero-order valence-corrected chi connectivity index (χ0v) is 16.0. The standard InChI is InChI=1S/C20H17N3O5S/c24-19(13-29-16-9-7-14(8-10-16)23(26)27)22-18-6-2-1-5-17(18)20(25)21-12-15-4-3-11-28-15/h1-11H,12-13H2,(H,21,25)(H,22,24). The highest BCUT2D eigenvalue weighted by Crippen LogP contribution is 2.22. The molecule has 0 radical (unpaired) electrons. The third kappa shape index (κ3) is 5.69. The van der Waals surface area contributed by atoms with Crippen LogP contribution in [0.15, 0.2) is 76.2 Å². The third-order valence-electron chi connectivity index (χ3n) is 3.87. The summed E-state index contributed by atoms with van der Waals surface area (Å²) in [6, 6.07) is 16.1. The maximum atomic E-state index is 12.4. The van der Waals surface area contributed by atoms with E-state index in [2.05, 4.69) is 10.6 Å². The average Bonchev–Trinajstić information content (AvgIpc) is 3.25. The number of carbonyl (C=O) groups is 2. The molecule has 29 heavy (non-hydrogen) atoms. The van der Waals surface area contributed by atoms with E-state index < -0.39 is 4.92 Å². The highest BCUT2D eigenvalue weighted by molar-refractivity contribution is 8.00. The molecule has 2 N–H and O–H groups in total. The van der Waals surface area contributed by atoms with Crippen molar-refractivity contribution in [1.29, 1.82) is 0 Å². The zero-order chi connectivity index (χ0) is 20.6. The van der Waals surface area contributed by atoms with Crippen molar-refractivity contribution in [2.24, 2.45) is 0 Å². The first-order valence-corrected chi connectivity index (χ1v) is 9.58. The van der Waals surface area contributed by atoms with Crippen molar-refractivity contribution in [3.8, 4) is 0 Å². The number of carbonyl (C=O) groups excluding carboxylic acids is 2. The summed E-state index contributed by atoms with van der Waals surface area (Å²) in [5.74, 6) is 0.0968. The van der Waals surface area contributed by atoms with E-state index in [1.54, 1.807) is 48.5 Å². The molecule has 0 unspecified atom stereocenters. The summed E-state index contributed by atoms with van der Waals surface area (Å²) >= 11 is 1.24. The normalized spacial score (nSPS) is 10.3. The summed E-state index contributed by atoms with van der Waals surface area (Å²) in [6.07, 6.45) is 1.53. The highest BCUT2D eigenvalue weighted by atomic mass is 32.2. The molecule has 0 aliphatic rings. The van der Waals surface area contributed by atoms with Crippen LogP contribution in [0.2, 0.25) is 0 Å². The van der Waals surface area contributed by atoms with Gasteiger partial charge in [-0.3, -0.25) is 19.7 Å². The lowest BCUT2D eigenvalue weighted by Crippen LogP contribution is -2.25. The zero-order valence-electron chi connectivity index (χ0n) is 15.2. The lowest BCUT2D eigenvalue weighted by Gasteiger charge is -2.11. The van der Waals surface area contributed by atoms with Gasteiger partial charge in [-0.15, -0.1) is 11.8 Å². The number of nitrogens with zero attached hydrogens (tertiary/aromatic N) is 1. The molecule has 0 bridgehead atoms. The van der Waals surface area contributed by atoms with Crippen LogP contribution in [-0.2, 0) is 11.3 Å². The second-order valence-corrected chi connectivity index (χ2v) is 6.94. The second kappa shape index (κ2) is 9.56. The molecule has 0 saturated carbocycles. The van der Waals surface area contributed by atoms with Gasteiger partial charge in [0.2, 0.25) is 5.91 Å². The molecule has 3 aromatic rings. The lowest BCUT2D eigenvalue weighted by atomic mass is 10.1. The predicted octanol–water partition coefficient (Wildman–Crippen LogP) is 3.85. The van der Waals surface area contributed by atoms with Gasteiger partial charge in [0, 0.05) is 17.0 Å². The first-order chi connectivity index (χ1) is 14.0. The second-order valence-electron chi connectivity index (χ2n) is 5.90. The fraction of sp³-hybridized carbons (Fsp3) is 0.100. The van der Waals surface area contributed by atoms with E-state index in [1.807, 2.05) is 0 Å². The lowest BCUT2D eigenvalue weighted by molar-refractivity contribution is -0.384. The van der Waals surface area contributed by atoms with Gasteiger partial charge in [-0.05, 0) is 36.4 Å². The van der Waals surface area contributed by atoms with Crippen LogP contribution in [0.5, 0.6) is 0 Å². The molecular weight excluding hydrogens is 394 g/mol. The number of nitro benzene ring substituents is 1. The van der Waals surface area contributed by atoms with Crippen LogP contribution < -0.4 is 10.6 Å². The van der Waals surface area contributed by atoms with Crippen molar-refractivity contribution in [2.45, 2.75) is 11.4 Å². The predicted molar refractivity (Wildman–Crippen MR) is 109 cm³/mol. The van der Waals surface area contributed by atoms with Crippen molar-refractivity contribution in [1.82, 2.24) is 5.32 Å². The maximum Gasteiger partial charge on any atom is 0.269 e. The quantitative estimate of drug-likeness (QED) is 0.331. The van der Waals surface area contributed by atoms with Crippen molar-refractivity contribution < 1.29 is 18.9 Å². The van der Waals surface area contributed by atoms with Gasteiger partial charge in [-0.2, -0.15) is 0 Å². The van der Waals surface area contributed by atoms with Crippen molar-refractivity contribution in [3.05, 3.63) is 88.4 Å². The van der Waals surface area contributed by atoms with Crippen molar-refractivity contribution >= 4 is 35.0 Å². The Morgan fingerprint density at radius 1 is 1.03 bits per heavy atom. The van der Waals surface area contributed by atoms with Gasteiger partial charge < -0.3 is 15.1 Å². The molecule has 8 nitrogen and oxygen atoms in total. The molecule has 1 heterocycles. The fourth-order valence-electron chi connectivity index (χ4n) is 2.47. The summed E-state index contributed by atoms with van der Waals surface area (Å²) in [5, 5.41) is 16.2. The molecule has 0 aliphatic carbocycles. The summed E-state index contributed by atoms with van der Waals surface area (Å²) in [6.45, 7) is 0.240. The van der Waals surface area contributed by atoms with Crippen LogP contribution in [0.1, 0.15) is 16.1 Å².